The van der Waals surface area contributed by atoms with Crippen LogP contribution in [0.2, 0.25) is 0 Å². The van der Waals surface area contributed by atoms with Gasteiger partial charge in [-0.2, -0.15) is 0 Å². The fourth-order valence-corrected chi connectivity index (χ4v) is 7.50. The van der Waals surface area contributed by atoms with E-state index < -0.39 is 5.41 Å². The number of piperidine rings is 1. The van der Waals surface area contributed by atoms with Crippen LogP contribution in [0.4, 0.5) is 11.4 Å². The zero-order valence-corrected chi connectivity index (χ0v) is 27.6. The van der Waals surface area contributed by atoms with E-state index in [1.807, 2.05) is 52.3 Å². The van der Waals surface area contributed by atoms with Gasteiger partial charge in [0.1, 0.15) is 12.2 Å². The molecular weight excluding hydrogens is 590 g/mol. The molecule has 0 bridgehead atoms. The molecular formula is C36H47N9O2. The van der Waals surface area contributed by atoms with Crippen LogP contribution in [-0.2, 0) is 9.59 Å². The highest BCUT2D eigenvalue weighted by Crippen LogP contribution is 2.43. The van der Waals surface area contributed by atoms with Crippen LogP contribution in [0.5, 0.6) is 0 Å². The normalized spacial score (nSPS) is 23.3. The Morgan fingerprint density at radius 2 is 1.81 bits per heavy atom. The van der Waals surface area contributed by atoms with Crippen molar-refractivity contribution in [2.75, 3.05) is 77.1 Å². The van der Waals surface area contributed by atoms with Crippen molar-refractivity contribution >= 4 is 46.6 Å². The number of hydrogen-bond acceptors (Lipinski definition) is 7. The summed E-state index contributed by atoms with van der Waals surface area (Å²) in [4.78, 5) is 43.5. The molecule has 47 heavy (non-hydrogen) atoms. The van der Waals surface area contributed by atoms with Gasteiger partial charge < -0.3 is 31.6 Å². The highest BCUT2D eigenvalue weighted by molar-refractivity contribution is 6.07. The molecule has 1 spiro atoms. The summed E-state index contributed by atoms with van der Waals surface area (Å²) >= 11 is 0. The first-order chi connectivity index (χ1) is 22.7. The second-order valence-corrected chi connectivity index (χ2v) is 13.5. The third-order valence-corrected chi connectivity index (χ3v) is 10.5. The largest absolute Gasteiger partial charge is 0.398 e. The Bertz CT molecular complexity index is 1610. The zero-order valence-electron chi connectivity index (χ0n) is 27.6. The van der Waals surface area contributed by atoms with E-state index in [2.05, 4.69) is 32.9 Å². The molecule has 2 aromatic carbocycles. The average Bonchev–Trinajstić information content (AvgIpc) is 3.65. The van der Waals surface area contributed by atoms with Gasteiger partial charge in [-0.15, -0.1) is 0 Å². The first-order valence-corrected chi connectivity index (χ1v) is 16.7. The molecule has 4 heterocycles. The summed E-state index contributed by atoms with van der Waals surface area (Å²) in [5.74, 6) is 0.834. The van der Waals surface area contributed by atoms with Crippen LogP contribution in [0.1, 0.15) is 48.8 Å². The van der Waals surface area contributed by atoms with Gasteiger partial charge in [0.15, 0.2) is 0 Å². The second kappa shape index (κ2) is 13.8. The lowest BCUT2D eigenvalue weighted by Gasteiger charge is -2.30. The summed E-state index contributed by atoms with van der Waals surface area (Å²) in [6.45, 7) is 5.49. The number of anilines is 2. The molecule has 11 heteroatoms. The summed E-state index contributed by atoms with van der Waals surface area (Å²) in [6, 6.07) is 13.7. The number of rotatable bonds is 8. The minimum absolute atomic E-state index is 0.104. The summed E-state index contributed by atoms with van der Waals surface area (Å²) < 4.78 is 0. The molecule has 0 unspecified atom stereocenters. The van der Waals surface area contributed by atoms with Crippen LogP contribution in [0.15, 0.2) is 58.5 Å². The van der Waals surface area contributed by atoms with Gasteiger partial charge in [0.2, 0.25) is 11.8 Å². The number of nitrogens with zero attached hydrogens (tertiary/aromatic N) is 6. The van der Waals surface area contributed by atoms with Gasteiger partial charge >= 0.3 is 0 Å². The number of nitrogen functional groups attached to an aromatic ring is 1. The Balaban J connectivity index is 1.04. The van der Waals surface area contributed by atoms with Crippen molar-refractivity contribution in [3.8, 4) is 0 Å². The minimum atomic E-state index is -0.470. The first kappa shape index (κ1) is 32.6. The van der Waals surface area contributed by atoms with Gasteiger partial charge in [0.25, 0.3) is 0 Å². The number of nitrogens with two attached hydrogens (primary N) is 2. The number of aliphatic imine (C=N–C) groups is 2. The minimum Gasteiger partial charge on any atom is -0.398 e. The topological polar surface area (TPSA) is 148 Å². The number of likely N-dealkylation sites (tertiary alicyclic amines) is 2. The van der Waals surface area contributed by atoms with E-state index in [1.54, 1.807) is 7.05 Å². The van der Waals surface area contributed by atoms with E-state index in [0.29, 0.717) is 50.0 Å². The first-order valence-electron chi connectivity index (χ1n) is 16.7. The molecule has 4 aliphatic rings. The van der Waals surface area contributed by atoms with Crippen LogP contribution in [0.3, 0.4) is 0 Å². The maximum absolute atomic E-state index is 13.9. The number of hydrogen-bond donors (Lipinski definition) is 3. The highest BCUT2D eigenvalue weighted by Gasteiger charge is 2.51. The standard InChI is InChI=1S/C36H47N9O2/c1-40-24-41-34(39)28-5-3-25(4-6-28)26-11-17-44(18-12-26)32(46)22-43-19-13-36(23-43)14-20-45(35(36)47)29-7-8-31(37)30(21-29)33(38)27-9-15-42(2)16-10-27/h3-8,11,21,24,27,38H,9-10,12-20,22-23,37H2,1-2H3,(H2,39,40,41)/t36-/m0/s1. The number of amides is 2. The molecule has 248 valence electrons. The van der Waals surface area contributed by atoms with E-state index in [4.69, 9.17) is 16.9 Å². The molecule has 5 N–H and O–H groups in total. The van der Waals surface area contributed by atoms with Crippen molar-refractivity contribution in [2.24, 2.45) is 27.1 Å². The van der Waals surface area contributed by atoms with Gasteiger partial charge in [-0.05, 0) is 88.1 Å². The van der Waals surface area contributed by atoms with Gasteiger partial charge in [-0.25, -0.2) is 4.99 Å². The molecule has 0 aromatic heterocycles. The average molecular weight is 638 g/mol. The molecule has 0 radical (unpaired) electrons. The molecule has 11 nitrogen and oxygen atoms in total. The van der Waals surface area contributed by atoms with Gasteiger partial charge in [-0.1, -0.05) is 30.3 Å². The molecule has 3 saturated heterocycles. The summed E-state index contributed by atoms with van der Waals surface area (Å²) in [7, 11) is 3.77. The Labute approximate surface area is 277 Å². The lowest BCUT2D eigenvalue weighted by atomic mass is 9.85. The van der Waals surface area contributed by atoms with Crippen molar-refractivity contribution in [1.29, 1.82) is 5.41 Å². The molecule has 4 aliphatic heterocycles. The zero-order chi connectivity index (χ0) is 33.1. The van der Waals surface area contributed by atoms with E-state index >= 15 is 0 Å². The van der Waals surface area contributed by atoms with E-state index in [0.717, 1.165) is 74.1 Å². The lowest BCUT2D eigenvalue weighted by molar-refractivity contribution is -0.132. The summed E-state index contributed by atoms with van der Waals surface area (Å²) in [6.07, 6.45) is 7.77. The molecule has 6 rings (SSSR count). The SMILES string of the molecule is CN=CN=C(N)c1ccc(C2=CCN(C(=O)CN3CC[C@]4(CCN(c5ccc(N)c(C(=N)C6CCN(C)CC6)c5)C4=O)C3)CC2)cc1. The molecule has 1 atom stereocenters. The van der Waals surface area contributed by atoms with Crippen molar-refractivity contribution in [2.45, 2.75) is 32.1 Å². The number of nitrogens with one attached hydrogen (secondary N) is 1. The van der Waals surface area contributed by atoms with Crippen molar-refractivity contribution in [3.05, 3.63) is 65.2 Å². The lowest BCUT2D eigenvalue weighted by Crippen LogP contribution is -2.43. The molecule has 0 saturated carbocycles. The Morgan fingerprint density at radius 3 is 2.51 bits per heavy atom. The number of benzene rings is 2. The van der Waals surface area contributed by atoms with Crippen molar-refractivity contribution in [1.82, 2.24) is 14.7 Å². The van der Waals surface area contributed by atoms with Crippen LogP contribution in [-0.4, -0.2) is 111 Å². The summed E-state index contributed by atoms with van der Waals surface area (Å²) in [5, 5.41) is 8.92. The van der Waals surface area contributed by atoms with Gasteiger partial charge in [0, 0.05) is 67.4 Å². The quantitative estimate of drug-likeness (QED) is 0.230. The van der Waals surface area contributed by atoms with Crippen LogP contribution >= 0.6 is 0 Å². The summed E-state index contributed by atoms with van der Waals surface area (Å²) in [5.41, 5.74) is 17.8. The highest BCUT2D eigenvalue weighted by atomic mass is 16.2. The number of carbonyl (C=O) groups excluding carboxylic acids is 2. The predicted octanol–water partition coefficient (Wildman–Crippen LogP) is 3.09. The Kier molecular flexibility index (Phi) is 9.56. The van der Waals surface area contributed by atoms with Crippen LogP contribution < -0.4 is 16.4 Å². The van der Waals surface area contributed by atoms with Crippen LogP contribution in [0.25, 0.3) is 5.57 Å². The molecule has 3 fully saturated rings. The maximum atomic E-state index is 13.9. The van der Waals surface area contributed by atoms with Crippen molar-refractivity contribution < 1.29 is 9.59 Å². The van der Waals surface area contributed by atoms with Gasteiger partial charge in [-0.3, -0.25) is 19.5 Å². The molecule has 0 aliphatic carbocycles. The van der Waals surface area contributed by atoms with E-state index in [9.17, 15) is 9.59 Å². The number of carbonyl (C=O) groups is 2. The fraction of sp³-hybridized carbons (Fsp3) is 0.472. The smallest absolute Gasteiger partial charge is 0.237 e. The molecule has 2 amide bonds. The monoisotopic (exact) mass is 637 g/mol. The molecule has 2 aromatic rings. The van der Waals surface area contributed by atoms with E-state index in [-0.39, 0.29) is 17.7 Å². The number of amidine groups is 1. The third kappa shape index (κ3) is 6.87. The van der Waals surface area contributed by atoms with E-state index in [1.165, 1.54) is 11.9 Å². The second-order valence-electron chi connectivity index (χ2n) is 13.5. The Morgan fingerprint density at radius 1 is 1.06 bits per heavy atom. The third-order valence-electron chi connectivity index (χ3n) is 10.5. The van der Waals surface area contributed by atoms with Crippen molar-refractivity contribution in [3.63, 3.8) is 0 Å². The van der Waals surface area contributed by atoms with Gasteiger partial charge in [0.05, 0.1) is 12.0 Å². The maximum Gasteiger partial charge on any atom is 0.237 e. The predicted molar refractivity (Wildman–Crippen MR) is 189 cm³/mol. The fourth-order valence-electron chi connectivity index (χ4n) is 7.50. The Hall–Kier alpha value is -4.35. The van der Waals surface area contributed by atoms with Crippen LogP contribution in [0, 0.1) is 16.7 Å².